The molecule has 1 aromatic heterocycles. The number of halogens is 1. The van der Waals surface area contributed by atoms with Crippen LogP contribution in [0.25, 0.3) is 21.7 Å². The van der Waals surface area contributed by atoms with Gasteiger partial charge >= 0.3 is 0 Å². The summed E-state index contributed by atoms with van der Waals surface area (Å²) >= 11 is 7.00. The van der Waals surface area contributed by atoms with Gasteiger partial charge in [-0.25, -0.2) is 4.98 Å². The molecule has 6 rings (SSSR count). The van der Waals surface area contributed by atoms with Crippen molar-refractivity contribution in [3.05, 3.63) is 113 Å². The zero-order valence-corrected chi connectivity index (χ0v) is 22.9. The van der Waals surface area contributed by atoms with Gasteiger partial charge < -0.3 is 19.5 Å². The molecule has 5 nitrogen and oxygen atoms in total. The van der Waals surface area contributed by atoms with Crippen molar-refractivity contribution in [2.24, 2.45) is 0 Å². The molecular formula is C33H31ClN2O3. The predicted molar refractivity (Wildman–Crippen MR) is 157 cm³/mol. The number of nitrogens with zero attached hydrogens (tertiary/aromatic N) is 2. The fourth-order valence-electron chi connectivity index (χ4n) is 5.70. The molecule has 2 unspecified atom stereocenters. The van der Waals surface area contributed by atoms with Gasteiger partial charge in [-0.1, -0.05) is 84.4 Å². The highest BCUT2D eigenvalue weighted by Gasteiger charge is 2.42. The zero-order chi connectivity index (χ0) is 27.0. The van der Waals surface area contributed by atoms with Crippen LogP contribution < -0.4 is 9.47 Å². The topological polar surface area (TPSA) is 54.8 Å². The first-order valence-electron chi connectivity index (χ1n) is 13.2. The van der Waals surface area contributed by atoms with Gasteiger partial charge in [0.1, 0.15) is 24.0 Å². The van der Waals surface area contributed by atoms with E-state index >= 15 is 0 Å². The molecule has 0 aliphatic carbocycles. The third-order valence-electron chi connectivity index (χ3n) is 7.58. The van der Waals surface area contributed by atoms with Crippen LogP contribution in [0.4, 0.5) is 0 Å². The summed E-state index contributed by atoms with van der Waals surface area (Å²) in [6.45, 7) is 1.69. The van der Waals surface area contributed by atoms with Crippen molar-refractivity contribution in [2.45, 2.75) is 17.9 Å². The lowest BCUT2D eigenvalue weighted by atomic mass is 9.71. The molecule has 1 aliphatic heterocycles. The molecule has 0 amide bonds. The number of aliphatic hydroxyl groups is 1. The second kappa shape index (κ2) is 10.5. The minimum atomic E-state index is -1.29. The second-order valence-electron chi connectivity index (χ2n) is 10.4. The molecule has 4 aromatic carbocycles. The summed E-state index contributed by atoms with van der Waals surface area (Å²) in [5.41, 5.74) is 2.03. The Hall–Kier alpha value is -3.64. The van der Waals surface area contributed by atoms with E-state index in [2.05, 4.69) is 35.2 Å². The predicted octanol–water partition coefficient (Wildman–Crippen LogP) is 6.78. The first-order chi connectivity index (χ1) is 18.9. The molecule has 39 heavy (non-hydrogen) atoms. The normalized spacial score (nSPS) is 15.4. The Balaban J connectivity index is 1.62. The molecule has 0 spiro atoms. The number of ether oxygens (including phenoxy) is 2. The van der Waals surface area contributed by atoms with Crippen molar-refractivity contribution >= 4 is 33.3 Å². The molecule has 0 saturated carbocycles. The molecule has 6 heteroatoms. The van der Waals surface area contributed by atoms with Gasteiger partial charge in [0.2, 0.25) is 0 Å². The van der Waals surface area contributed by atoms with Crippen LogP contribution in [-0.4, -0.2) is 48.8 Å². The number of hydrogen-bond acceptors (Lipinski definition) is 5. The fourth-order valence-corrected chi connectivity index (χ4v) is 5.95. The maximum atomic E-state index is 13.0. The van der Waals surface area contributed by atoms with E-state index in [9.17, 15) is 5.11 Å². The van der Waals surface area contributed by atoms with Crippen LogP contribution in [-0.2, 0) is 5.60 Å². The Morgan fingerprint density at radius 3 is 2.33 bits per heavy atom. The van der Waals surface area contributed by atoms with E-state index in [-0.39, 0.29) is 0 Å². The molecular weight excluding hydrogens is 508 g/mol. The van der Waals surface area contributed by atoms with Crippen LogP contribution in [0.3, 0.4) is 0 Å². The standard InChI is InChI=1S/C33H31ClN2O3/c1-36(2)16-15-33(37,27-14-8-12-22-9-6-7-13-25(22)27)31(23-10-4-3-5-11-23)26-19-24-20-29-30(39-18-17-38-29)21-28(24)35-32(26)34/h3-14,19-21,31,37H,15-18H2,1-2H3. The highest BCUT2D eigenvalue weighted by atomic mass is 35.5. The number of pyridine rings is 1. The third kappa shape index (κ3) is 4.82. The monoisotopic (exact) mass is 538 g/mol. The Bertz CT molecular complexity index is 1630. The Labute approximate surface area is 233 Å². The van der Waals surface area contributed by atoms with Crippen LogP contribution in [0, 0.1) is 0 Å². The molecule has 1 N–H and O–H groups in total. The molecule has 5 aromatic rings. The van der Waals surface area contributed by atoms with Crippen LogP contribution in [0.2, 0.25) is 5.15 Å². The summed E-state index contributed by atoms with van der Waals surface area (Å²) in [4.78, 5) is 6.90. The van der Waals surface area contributed by atoms with Crippen LogP contribution in [0.5, 0.6) is 11.5 Å². The average Bonchev–Trinajstić information content (AvgIpc) is 2.96. The third-order valence-corrected chi connectivity index (χ3v) is 7.88. The Morgan fingerprint density at radius 2 is 1.56 bits per heavy atom. The van der Waals surface area contributed by atoms with Crippen LogP contribution >= 0.6 is 11.6 Å². The summed E-state index contributed by atoms with van der Waals surface area (Å²) in [5, 5.41) is 16.4. The van der Waals surface area contributed by atoms with Gasteiger partial charge in [0, 0.05) is 29.5 Å². The quantitative estimate of drug-likeness (QED) is 0.231. The SMILES string of the molecule is CN(C)CCC(O)(c1cccc2ccccc12)C(c1ccccc1)c1cc2cc3c(cc2nc1Cl)OCCO3. The van der Waals surface area contributed by atoms with Gasteiger partial charge in [0.05, 0.1) is 5.52 Å². The van der Waals surface area contributed by atoms with Crippen molar-refractivity contribution < 1.29 is 14.6 Å². The molecule has 0 saturated heterocycles. The van der Waals surface area contributed by atoms with Crippen LogP contribution in [0.1, 0.15) is 29.0 Å². The van der Waals surface area contributed by atoms with E-state index in [1.165, 1.54) is 0 Å². The van der Waals surface area contributed by atoms with Crippen molar-refractivity contribution in [3.8, 4) is 11.5 Å². The highest BCUT2D eigenvalue weighted by molar-refractivity contribution is 6.30. The largest absolute Gasteiger partial charge is 0.486 e. The van der Waals surface area contributed by atoms with Gasteiger partial charge in [0.15, 0.2) is 11.5 Å². The molecule has 2 atom stereocenters. The summed E-state index contributed by atoms with van der Waals surface area (Å²) in [6, 6.07) is 30.3. The smallest absolute Gasteiger partial charge is 0.163 e. The first-order valence-corrected chi connectivity index (χ1v) is 13.6. The number of benzene rings is 4. The summed E-state index contributed by atoms with van der Waals surface area (Å²) in [5.74, 6) is 0.877. The van der Waals surface area contributed by atoms with Crippen molar-refractivity contribution in [1.82, 2.24) is 9.88 Å². The van der Waals surface area contributed by atoms with Crippen molar-refractivity contribution in [3.63, 3.8) is 0 Å². The van der Waals surface area contributed by atoms with E-state index in [0.717, 1.165) is 38.4 Å². The number of aromatic nitrogens is 1. The summed E-state index contributed by atoms with van der Waals surface area (Å²) in [7, 11) is 4.05. The van der Waals surface area contributed by atoms with Gasteiger partial charge in [-0.2, -0.15) is 0 Å². The van der Waals surface area contributed by atoms with Gasteiger partial charge in [0.25, 0.3) is 0 Å². The van der Waals surface area contributed by atoms with E-state index < -0.39 is 11.5 Å². The molecule has 0 radical (unpaired) electrons. The lowest BCUT2D eigenvalue weighted by Crippen LogP contribution is -2.38. The van der Waals surface area contributed by atoms with E-state index in [1.54, 1.807) is 0 Å². The molecule has 0 fully saturated rings. The fraction of sp³-hybridized carbons (Fsp3) is 0.242. The van der Waals surface area contributed by atoms with E-state index in [4.69, 9.17) is 26.1 Å². The number of fused-ring (bicyclic) bond motifs is 3. The lowest BCUT2D eigenvalue weighted by Gasteiger charge is -2.39. The minimum Gasteiger partial charge on any atom is -0.486 e. The molecule has 198 valence electrons. The average molecular weight is 539 g/mol. The zero-order valence-electron chi connectivity index (χ0n) is 22.1. The van der Waals surface area contributed by atoms with Crippen molar-refractivity contribution in [2.75, 3.05) is 33.9 Å². The number of rotatable bonds is 7. The molecule has 0 bridgehead atoms. The maximum Gasteiger partial charge on any atom is 0.163 e. The molecule has 1 aliphatic rings. The van der Waals surface area contributed by atoms with Crippen LogP contribution in [0.15, 0.2) is 91.0 Å². The maximum absolute atomic E-state index is 13.0. The summed E-state index contributed by atoms with van der Waals surface area (Å²) < 4.78 is 11.6. The summed E-state index contributed by atoms with van der Waals surface area (Å²) in [6.07, 6.45) is 0.489. The second-order valence-corrected chi connectivity index (χ2v) is 10.8. The van der Waals surface area contributed by atoms with Gasteiger partial charge in [-0.3, -0.25) is 0 Å². The Morgan fingerprint density at radius 1 is 0.872 bits per heavy atom. The Kier molecular flexibility index (Phi) is 6.90. The van der Waals surface area contributed by atoms with Gasteiger partial charge in [-0.15, -0.1) is 0 Å². The van der Waals surface area contributed by atoms with E-state index in [0.29, 0.717) is 42.8 Å². The highest BCUT2D eigenvalue weighted by Crippen LogP contribution is 2.48. The lowest BCUT2D eigenvalue weighted by molar-refractivity contribution is 0.00586. The molecule has 2 heterocycles. The van der Waals surface area contributed by atoms with Gasteiger partial charge in [-0.05, 0) is 54.5 Å². The van der Waals surface area contributed by atoms with Crippen molar-refractivity contribution in [1.29, 1.82) is 0 Å². The number of hydrogen-bond donors (Lipinski definition) is 1. The van der Waals surface area contributed by atoms with E-state index in [1.807, 2.05) is 74.8 Å². The minimum absolute atomic E-state index is 0.358. The first kappa shape index (κ1) is 25.6.